The number of aliphatic imine (C=N–C) groups is 1. The third kappa shape index (κ3) is 5.55. The molecule has 6 nitrogen and oxygen atoms in total. The molecule has 0 spiro atoms. The van der Waals surface area contributed by atoms with Gasteiger partial charge in [-0.25, -0.2) is 4.99 Å². The Bertz CT molecular complexity index is 791. The molecule has 0 aliphatic rings. The van der Waals surface area contributed by atoms with E-state index in [1.807, 2.05) is 24.3 Å². The molecule has 2 aromatic rings. The summed E-state index contributed by atoms with van der Waals surface area (Å²) in [6.07, 6.45) is 0.762. The van der Waals surface area contributed by atoms with E-state index in [0.717, 1.165) is 24.5 Å². The molecule has 0 bridgehead atoms. The van der Waals surface area contributed by atoms with Gasteiger partial charge in [0.1, 0.15) is 0 Å². The van der Waals surface area contributed by atoms with Crippen molar-refractivity contribution in [3.63, 3.8) is 0 Å². The topological polar surface area (TPSA) is 64.1 Å². The predicted molar refractivity (Wildman–Crippen MR) is 114 cm³/mol. The minimum Gasteiger partial charge on any atom is -0.493 e. The summed E-state index contributed by atoms with van der Waals surface area (Å²) < 4.78 is 16.4. The van der Waals surface area contributed by atoms with E-state index < -0.39 is 0 Å². The lowest BCUT2D eigenvalue weighted by Crippen LogP contribution is -2.38. The Kier molecular flexibility index (Phi) is 8.46. The van der Waals surface area contributed by atoms with Crippen molar-refractivity contribution in [2.45, 2.75) is 26.8 Å². The molecule has 152 valence electrons. The summed E-state index contributed by atoms with van der Waals surface area (Å²) in [5, 5.41) is 6.68. The maximum atomic E-state index is 5.55. The second-order valence-corrected chi connectivity index (χ2v) is 6.29. The molecule has 2 rings (SSSR count). The molecule has 0 aliphatic heterocycles. The highest BCUT2D eigenvalue weighted by Crippen LogP contribution is 2.39. The number of hydrogen-bond acceptors (Lipinski definition) is 4. The van der Waals surface area contributed by atoms with Crippen LogP contribution in [-0.4, -0.2) is 40.4 Å². The van der Waals surface area contributed by atoms with E-state index >= 15 is 0 Å². The monoisotopic (exact) mass is 385 g/mol. The summed E-state index contributed by atoms with van der Waals surface area (Å²) in [4.78, 5) is 4.70. The van der Waals surface area contributed by atoms with Crippen LogP contribution in [-0.2, 0) is 13.0 Å². The fourth-order valence-electron chi connectivity index (χ4n) is 2.97. The normalized spacial score (nSPS) is 11.1. The standard InChI is InChI=1S/C22H31N3O3/c1-6-23-22(25-15-18-10-8-7-9-16(18)2)24-14-13-17-11-12-19(26-3)21(28-5)20(17)27-4/h7-12H,6,13-15H2,1-5H3,(H2,23,24,25). The molecule has 0 fully saturated rings. The largest absolute Gasteiger partial charge is 0.493 e. The van der Waals surface area contributed by atoms with E-state index in [1.165, 1.54) is 11.1 Å². The minimum absolute atomic E-state index is 0.614. The molecule has 0 saturated heterocycles. The first-order valence-electron chi connectivity index (χ1n) is 9.49. The number of aryl methyl sites for hydroxylation is 1. The van der Waals surface area contributed by atoms with E-state index in [2.05, 4.69) is 36.6 Å². The number of benzene rings is 2. The fraction of sp³-hybridized carbons (Fsp3) is 0.409. The highest BCUT2D eigenvalue weighted by atomic mass is 16.5. The second kappa shape index (κ2) is 11.1. The maximum Gasteiger partial charge on any atom is 0.203 e. The number of guanidine groups is 1. The van der Waals surface area contributed by atoms with Gasteiger partial charge in [-0.1, -0.05) is 30.3 Å². The first kappa shape index (κ1) is 21.4. The Balaban J connectivity index is 2.04. The Morgan fingerprint density at radius 1 is 0.893 bits per heavy atom. The molecule has 2 aromatic carbocycles. The van der Waals surface area contributed by atoms with Crippen molar-refractivity contribution in [3.05, 3.63) is 53.1 Å². The lowest BCUT2D eigenvalue weighted by atomic mass is 10.1. The summed E-state index contributed by atoms with van der Waals surface area (Å²) in [5.41, 5.74) is 3.51. The van der Waals surface area contributed by atoms with Gasteiger partial charge in [-0.3, -0.25) is 0 Å². The van der Waals surface area contributed by atoms with Crippen molar-refractivity contribution in [1.29, 1.82) is 0 Å². The van der Waals surface area contributed by atoms with Crippen LogP contribution in [0.1, 0.15) is 23.6 Å². The van der Waals surface area contributed by atoms with Crippen LogP contribution in [0.3, 0.4) is 0 Å². The smallest absolute Gasteiger partial charge is 0.203 e. The quantitative estimate of drug-likeness (QED) is 0.512. The molecule has 0 saturated carbocycles. The van der Waals surface area contributed by atoms with Gasteiger partial charge >= 0.3 is 0 Å². The summed E-state index contributed by atoms with van der Waals surface area (Å²) in [6, 6.07) is 12.2. The van der Waals surface area contributed by atoms with Crippen LogP contribution >= 0.6 is 0 Å². The van der Waals surface area contributed by atoms with Crippen molar-refractivity contribution in [2.24, 2.45) is 4.99 Å². The van der Waals surface area contributed by atoms with Gasteiger partial charge in [-0.15, -0.1) is 0 Å². The third-order valence-corrected chi connectivity index (χ3v) is 4.49. The van der Waals surface area contributed by atoms with E-state index in [1.54, 1.807) is 21.3 Å². The van der Waals surface area contributed by atoms with Gasteiger partial charge in [0.05, 0.1) is 27.9 Å². The van der Waals surface area contributed by atoms with Crippen LogP contribution in [0.15, 0.2) is 41.4 Å². The Hall–Kier alpha value is -2.89. The van der Waals surface area contributed by atoms with Crippen molar-refractivity contribution in [2.75, 3.05) is 34.4 Å². The van der Waals surface area contributed by atoms with Crippen LogP contribution in [0, 0.1) is 6.92 Å². The van der Waals surface area contributed by atoms with E-state index in [9.17, 15) is 0 Å². The number of nitrogens with zero attached hydrogens (tertiary/aromatic N) is 1. The van der Waals surface area contributed by atoms with Crippen molar-refractivity contribution in [3.8, 4) is 17.2 Å². The highest BCUT2D eigenvalue weighted by molar-refractivity contribution is 5.79. The third-order valence-electron chi connectivity index (χ3n) is 4.49. The Labute approximate surface area is 167 Å². The number of ether oxygens (including phenoxy) is 3. The SMILES string of the molecule is CCNC(=NCc1ccccc1C)NCCc1ccc(OC)c(OC)c1OC. The average molecular weight is 386 g/mol. The first-order chi connectivity index (χ1) is 13.6. The van der Waals surface area contributed by atoms with E-state index in [-0.39, 0.29) is 0 Å². The summed E-state index contributed by atoms with van der Waals surface area (Å²) >= 11 is 0. The molecule has 0 heterocycles. The molecule has 0 amide bonds. The molecule has 0 radical (unpaired) electrons. The lowest BCUT2D eigenvalue weighted by molar-refractivity contribution is 0.322. The van der Waals surface area contributed by atoms with Crippen LogP contribution in [0.4, 0.5) is 0 Å². The van der Waals surface area contributed by atoms with Crippen LogP contribution in [0.2, 0.25) is 0 Å². The van der Waals surface area contributed by atoms with Gasteiger partial charge in [0, 0.05) is 18.7 Å². The van der Waals surface area contributed by atoms with Gasteiger partial charge in [-0.05, 0) is 37.5 Å². The average Bonchev–Trinajstić information content (AvgIpc) is 2.72. The minimum atomic E-state index is 0.614. The fourth-order valence-corrected chi connectivity index (χ4v) is 2.97. The van der Waals surface area contributed by atoms with Gasteiger partial charge < -0.3 is 24.8 Å². The first-order valence-corrected chi connectivity index (χ1v) is 9.49. The highest BCUT2D eigenvalue weighted by Gasteiger charge is 2.15. The molecular weight excluding hydrogens is 354 g/mol. The molecule has 6 heteroatoms. The van der Waals surface area contributed by atoms with Crippen molar-refractivity contribution < 1.29 is 14.2 Å². The molecule has 28 heavy (non-hydrogen) atoms. The maximum absolute atomic E-state index is 5.55. The zero-order valence-electron chi connectivity index (χ0n) is 17.5. The number of rotatable bonds is 9. The molecular formula is C22H31N3O3. The number of hydrogen-bond donors (Lipinski definition) is 2. The van der Waals surface area contributed by atoms with Crippen molar-refractivity contribution >= 4 is 5.96 Å². The van der Waals surface area contributed by atoms with Gasteiger partial charge in [-0.2, -0.15) is 0 Å². The summed E-state index contributed by atoms with van der Waals surface area (Å²) in [5.74, 6) is 2.77. The zero-order valence-corrected chi connectivity index (χ0v) is 17.5. The molecule has 2 N–H and O–H groups in total. The van der Waals surface area contributed by atoms with Gasteiger partial charge in [0.15, 0.2) is 17.5 Å². The summed E-state index contributed by atoms with van der Waals surface area (Å²) in [6.45, 7) is 6.32. The Morgan fingerprint density at radius 3 is 2.29 bits per heavy atom. The number of nitrogens with one attached hydrogen (secondary N) is 2. The van der Waals surface area contributed by atoms with E-state index in [0.29, 0.717) is 30.3 Å². The zero-order chi connectivity index (χ0) is 20.4. The summed E-state index contributed by atoms with van der Waals surface area (Å²) in [7, 11) is 4.87. The molecule has 0 unspecified atom stereocenters. The van der Waals surface area contributed by atoms with Crippen LogP contribution < -0.4 is 24.8 Å². The van der Waals surface area contributed by atoms with Gasteiger partial charge in [0.2, 0.25) is 5.75 Å². The molecule has 0 aromatic heterocycles. The Morgan fingerprint density at radius 2 is 1.64 bits per heavy atom. The molecule has 0 aliphatic carbocycles. The predicted octanol–water partition coefficient (Wildman–Crippen LogP) is 3.32. The number of methoxy groups -OCH3 is 3. The van der Waals surface area contributed by atoms with Gasteiger partial charge in [0.25, 0.3) is 0 Å². The second-order valence-electron chi connectivity index (χ2n) is 6.29. The van der Waals surface area contributed by atoms with Crippen LogP contribution in [0.25, 0.3) is 0 Å². The van der Waals surface area contributed by atoms with E-state index in [4.69, 9.17) is 19.2 Å². The molecule has 0 atom stereocenters. The lowest BCUT2D eigenvalue weighted by Gasteiger charge is -2.16. The van der Waals surface area contributed by atoms with Crippen molar-refractivity contribution in [1.82, 2.24) is 10.6 Å². The van der Waals surface area contributed by atoms with Crippen LogP contribution in [0.5, 0.6) is 17.2 Å².